The molecule has 8 heteroatoms. The van der Waals surface area contributed by atoms with E-state index in [1.54, 1.807) is 24.3 Å². The maximum absolute atomic E-state index is 12.5. The number of para-hydroxylation sites is 2. The zero-order valence-corrected chi connectivity index (χ0v) is 19.1. The van der Waals surface area contributed by atoms with Gasteiger partial charge in [0.05, 0.1) is 0 Å². The van der Waals surface area contributed by atoms with Gasteiger partial charge in [-0.3, -0.25) is 4.79 Å². The average Bonchev–Trinajstić information content (AvgIpc) is 2.82. The van der Waals surface area contributed by atoms with E-state index in [2.05, 4.69) is 5.32 Å². The molecule has 2 aliphatic rings. The lowest BCUT2D eigenvalue weighted by Gasteiger charge is -2.34. The fourth-order valence-corrected chi connectivity index (χ4v) is 4.40. The number of amides is 1. The van der Waals surface area contributed by atoms with Gasteiger partial charge in [0, 0.05) is 47.4 Å². The van der Waals surface area contributed by atoms with Gasteiger partial charge in [-0.05, 0) is 43.2 Å². The molecule has 0 spiro atoms. The van der Waals surface area contributed by atoms with Crippen molar-refractivity contribution in [1.29, 1.82) is 0 Å². The van der Waals surface area contributed by atoms with Gasteiger partial charge in [0.25, 0.3) is 0 Å². The van der Waals surface area contributed by atoms with Gasteiger partial charge in [-0.2, -0.15) is 0 Å². The van der Waals surface area contributed by atoms with E-state index in [0.29, 0.717) is 53.3 Å². The molecule has 0 bridgehead atoms. The van der Waals surface area contributed by atoms with Crippen molar-refractivity contribution in [3.8, 4) is 11.5 Å². The zero-order valence-electron chi connectivity index (χ0n) is 17.5. The van der Waals surface area contributed by atoms with Crippen molar-refractivity contribution < 1.29 is 19.4 Å². The average molecular weight is 477 g/mol. The molecule has 6 nitrogen and oxygen atoms in total. The summed E-state index contributed by atoms with van der Waals surface area (Å²) in [5, 5.41) is 15.0. The summed E-state index contributed by atoms with van der Waals surface area (Å²) in [4.78, 5) is 14.3. The highest BCUT2D eigenvalue weighted by atomic mass is 35.5. The second-order valence-corrected chi connectivity index (χ2v) is 8.77. The van der Waals surface area contributed by atoms with Gasteiger partial charge < -0.3 is 24.8 Å². The molecule has 0 aliphatic carbocycles. The van der Waals surface area contributed by atoms with E-state index in [4.69, 9.17) is 32.7 Å². The fourth-order valence-electron chi connectivity index (χ4n) is 3.88. The second kappa shape index (κ2) is 10.6. The summed E-state index contributed by atoms with van der Waals surface area (Å²) in [5.41, 5.74) is 0.645. The van der Waals surface area contributed by atoms with Crippen molar-refractivity contribution in [2.45, 2.75) is 31.1 Å². The number of ether oxygens (including phenoxy) is 2. The first-order valence-electron chi connectivity index (χ1n) is 10.7. The van der Waals surface area contributed by atoms with Crippen LogP contribution in [0.15, 0.2) is 48.5 Å². The summed E-state index contributed by atoms with van der Waals surface area (Å²) < 4.78 is 11.5. The number of aliphatic hydroxyl groups is 1. The van der Waals surface area contributed by atoms with Gasteiger partial charge in [0.2, 0.25) is 5.91 Å². The Morgan fingerprint density at radius 3 is 2.53 bits per heavy atom. The molecule has 1 fully saturated rings. The number of nitrogens with one attached hydrogen (secondary N) is 1. The molecule has 4 rings (SSSR count). The van der Waals surface area contributed by atoms with E-state index in [9.17, 15) is 9.90 Å². The van der Waals surface area contributed by atoms with Crippen molar-refractivity contribution >= 4 is 35.2 Å². The minimum absolute atomic E-state index is 0.0640. The summed E-state index contributed by atoms with van der Waals surface area (Å²) in [6.45, 7) is 2.00. The molecule has 32 heavy (non-hydrogen) atoms. The molecular formula is C24H26Cl2N2O4. The maximum atomic E-state index is 12.5. The lowest BCUT2D eigenvalue weighted by atomic mass is 10.0. The van der Waals surface area contributed by atoms with Crippen molar-refractivity contribution in [2.75, 3.05) is 26.2 Å². The third-order valence-electron chi connectivity index (χ3n) is 5.77. The van der Waals surface area contributed by atoms with E-state index in [1.807, 2.05) is 29.2 Å². The number of fused-ring (bicyclic) bond motifs is 1. The Kier molecular flexibility index (Phi) is 7.58. The molecule has 2 aromatic rings. The number of halogens is 2. The fraction of sp³-hybridized carbons (Fsp3) is 0.375. The summed E-state index contributed by atoms with van der Waals surface area (Å²) in [5.74, 6) is 1.29. The number of carbonyl (C=O) groups is 1. The number of benzene rings is 2. The third-order valence-corrected chi connectivity index (χ3v) is 6.43. The number of hydrogen-bond donors (Lipinski definition) is 2. The minimum Gasteiger partial charge on any atom is -0.486 e. The maximum Gasteiger partial charge on any atom is 0.246 e. The number of aliphatic hydroxyl groups excluding tert-OH is 1. The molecule has 2 N–H and O–H groups in total. The standard InChI is InChI=1S/C24H26Cl2N2O4/c25-18-4-3-5-19(26)17(18)8-9-24(30)28-12-10-16(11-13-28)27-14-20(29)23-15-31-21-6-1-2-7-22(21)32-23/h1-9,16,20,23,27,29H,10-15H2/b9-8+. The summed E-state index contributed by atoms with van der Waals surface area (Å²) in [6.07, 6.45) is 3.70. The molecular weight excluding hydrogens is 451 g/mol. The Morgan fingerprint density at radius 1 is 1.12 bits per heavy atom. The van der Waals surface area contributed by atoms with Crippen molar-refractivity contribution in [3.63, 3.8) is 0 Å². The van der Waals surface area contributed by atoms with Crippen LogP contribution >= 0.6 is 23.2 Å². The lowest BCUT2D eigenvalue weighted by Crippen LogP contribution is -2.50. The number of hydrogen-bond acceptors (Lipinski definition) is 5. The smallest absolute Gasteiger partial charge is 0.246 e. The zero-order chi connectivity index (χ0) is 22.5. The van der Waals surface area contributed by atoms with Crippen LogP contribution in [0.4, 0.5) is 0 Å². The van der Waals surface area contributed by atoms with E-state index in [0.717, 1.165) is 12.8 Å². The van der Waals surface area contributed by atoms with Crippen LogP contribution in [-0.4, -0.2) is 60.4 Å². The molecule has 1 amide bonds. The molecule has 1 saturated heterocycles. The Balaban J connectivity index is 1.21. The van der Waals surface area contributed by atoms with Crippen LogP contribution in [0, 0.1) is 0 Å². The number of piperidine rings is 1. The third kappa shape index (κ3) is 5.56. The molecule has 0 aromatic heterocycles. The molecule has 0 radical (unpaired) electrons. The lowest BCUT2D eigenvalue weighted by molar-refractivity contribution is -0.127. The topological polar surface area (TPSA) is 71.0 Å². The summed E-state index contributed by atoms with van der Waals surface area (Å²) in [7, 11) is 0. The number of likely N-dealkylation sites (tertiary alicyclic amines) is 1. The van der Waals surface area contributed by atoms with E-state index >= 15 is 0 Å². The normalized spacial score (nSPS) is 19.8. The number of carbonyl (C=O) groups excluding carboxylic acids is 1. The minimum atomic E-state index is -0.689. The SMILES string of the molecule is O=C(/C=C/c1c(Cl)cccc1Cl)N1CCC(NCC(O)C2COc3ccccc3O2)CC1. The predicted molar refractivity (Wildman–Crippen MR) is 125 cm³/mol. The predicted octanol–water partition coefficient (Wildman–Crippen LogP) is 3.79. The van der Waals surface area contributed by atoms with Crippen LogP contribution in [0.3, 0.4) is 0 Å². The van der Waals surface area contributed by atoms with Crippen LogP contribution in [0.5, 0.6) is 11.5 Å². The molecule has 170 valence electrons. The van der Waals surface area contributed by atoms with Gasteiger partial charge in [0.1, 0.15) is 12.7 Å². The van der Waals surface area contributed by atoms with E-state index < -0.39 is 12.2 Å². The van der Waals surface area contributed by atoms with Crippen LogP contribution in [0.2, 0.25) is 10.0 Å². The first-order chi connectivity index (χ1) is 15.5. The van der Waals surface area contributed by atoms with Gasteiger partial charge in [0.15, 0.2) is 17.6 Å². The van der Waals surface area contributed by atoms with Crippen molar-refractivity contribution in [2.24, 2.45) is 0 Å². The number of nitrogens with zero attached hydrogens (tertiary/aromatic N) is 1. The highest BCUT2D eigenvalue weighted by molar-refractivity contribution is 6.37. The van der Waals surface area contributed by atoms with Crippen molar-refractivity contribution in [3.05, 3.63) is 64.1 Å². The molecule has 2 aromatic carbocycles. The molecule has 2 heterocycles. The molecule has 0 saturated carbocycles. The van der Waals surface area contributed by atoms with Crippen LogP contribution in [-0.2, 0) is 4.79 Å². The first kappa shape index (κ1) is 22.9. The quantitative estimate of drug-likeness (QED) is 0.620. The molecule has 2 unspecified atom stereocenters. The van der Waals surface area contributed by atoms with E-state index in [-0.39, 0.29) is 11.9 Å². The Hall–Kier alpha value is -2.25. The highest BCUT2D eigenvalue weighted by Gasteiger charge is 2.29. The van der Waals surface area contributed by atoms with Crippen LogP contribution in [0.1, 0.15) is 18.4 Å². The van der Waals surface area contributed by atoms with Gasteiger partial charge in [-0.25, -0.2) is 0 Å². The molecule has 2 atom stereocenters. The second-order valence-electron chi connectivity index (χ2n) is 7.96. The van der Waals surface area contributed by atoms with Gasteiger partial charge in [-0.15, -0.1) is 0 Å². The van der Waals surface area contributed by atoms with Gasteiger partial charge >= 0.3 is 0 Å². The highest BCUT2D eigenvalue weighted by Crippen LogP contribution is 2.31. The first-order valence-corrected chi connectivity index (χ1v) is 11.5. The van der Waals surface area contributed by atoms with Crippen LogP contribution in [0.25, 0.3) is 6.08 Å². The number of rotatable bonds is 6. The Bertz CT molecular complexity index is 956. The monoisotopic (exact) mass is 476 g/mol. The van der Waals surface area contributed by atoms with Gasteiger partial charge in [-0.1, -0.05) is 41.4 Å². The van der Waals surface area contributed by atoms with Crippen LogP contribution < -0.4 is 14.8 Å². The summed E-state index contributed by atoms with van der Waals surface area (Å²) in [6, 6.07) is 12.9. The van der Waals surface area contributed by atoms with E-state index in [1.165, 1.54) is 6.08 Å². The Labute approximate surface area is 197 Å². The molecule has 2 aliphatic heterocycles. The largest absolute Gasteiger partial charge is 0.486 e. The summed E-state index contributed by atoms with van der Waals surface area (Å²) >= 11 is 12.3. The Morgan fingerprint density at radius 2 is 1.81 bits per heavy atom. The van der Waals surface area contributed by atoms with Crippen molar-refractivity contribution in [1.82, 2.24) is 10.2 Å².